The zero-order valence-electron chi connectivity index (χ0n) is 15.9. The summed E-state index contributed by atoms with van der Waals surface area (Å²) in [5.74, 6) is 2.26. The van der Waals surface area contributed by atoms with Crippen molar-refractivity contribution in [3.8, 4) is 0 Å². The second-order valence-electron chi connectivity index (χ2n) is 9.45. The van der Waals surface area contributed by atoms with Gasteiger partial charge >= 0.3 is 5.97 Å². The molecule has 27 heavy (non-hydrogen) atoms. The quantitative estimate of drug-likeness (QED) is 0.758. The molecule has 1 heterocycles. The highest BCUT2D eigenvalue weighted by Crippen LogP contribution is 2.60. The summed E-state index contributed by atoms with van der Waals surface area (Å²) in [6.45, 7) is 1.00. The minimum absolute atomic E-state index is 0.170. The fraction of sp³-hybridized carbons (Fsp3) is 0.652. The highest BCUT2D eigenvalue weighted by molar-refractivity contribution is 5.89. The van der Waals surface area contributed by atoms with Gasteiger partial charge in [-0.05, 0) is 74.7 Å². The minimum Gasteiger partial charge on any atom is -0.459 e. The van der Waals surface area contributed by atoms with Crippen LogP contribution in [0.25, 0.3) is 0 Å². The molecule has 4 bridgehead atoms. The summed E-state index contributed by atoms with van der Waals surface area (Å²) >= 11 is 0. The zero-order chi connectivity index (χ0) is 18.4. The van der Waals surface area contributed by atoms with Gasteiger partial charge in [-0.15, -0.1) is 0 Å². The molecule has 1 saturated heterocycles. The molecule has 4 saturated carbocycles. The molecule has 5 fully saturated rings. The van der Waals surface area contributed by atoms with Crippen molar-refractivity contribution in [2.75, 3.05) is 6.54 Å². The smallest absolute Gasteiger partial charge is 0.329 e. The summed E-state index contributed by atoms with van der Waals surface area (Å²) < 4.78 is 5.58. The van der Waals surface area contributed by atoms with Crippen molar-refractivity contribution >= 4 is 11.9 Å². The van der Waals surface area contributed by atoms with Crippen molar-refractivity contribution in [2.24, 2.45) is 23.2 Å². The Hall–Kier alpha value is -1.84. The van der Waals surface area contributed by atoms with E-state index in [1.54, 1.807) is 0 Å². The van der Waals surface area contributed by atoms with Crippen LogP contribution in [0.2, 0.25) is 0 Å². The zero-order valence-corrected chi connectivity index (χ0v) is 15.9. The molecular formula is C23H29NO3. The first-order valence-corrected chi connectivity index (χ1v) is 10.6. The van der Waals surface area contributed by atoms with Crippen LogP contribution in [0.5, 0.6) is 0 Å². The van der Waals surface area contributed by atoms with E-state index in [9.17, 15) is 9.59 Å². The number of nitrogens with zero attached hydrogens (tertiary/aromatic N) is 1. The van der Waals surface area contributed by atoms with E-state index in [-0.39, 0.29) is 29.9 Å². The number of ether oxygens (including phenoxy) is 1. The van der Waals surface area contributed by atoms with Crippen LogP contribution in [-0.2, 0) is 20.9 Å². The Balaban J connectivity index is 1.28. The highest BCUT2D eigenvalue weighted by Gasteiger charge is 2.56. The standard InChI is InChI=1S/C23H29NO3/c25-21(27-15-16-5-2-1-3-6-16)20-7-4-8-24(20)22(26)23-12-17-9-18(13-23)11-19(10-17)14-23/h1-3,5-6,17-20H,4,7-15H2/t17?,18?,19?,20-,23?/m1/s1. The lowest BCUT2D eigenvalue weighted by Gasteiger charge is -2.56. The maximum Gasteiger partial charge on any atom is 0.329 e. The summed E-state index contributed by atoms with van der Waals surface area (Å²) in [6, 6.07) is 9.38. The van der Waals surface area contributed by atoms with Crippen molar-refractivity contribution in [2.45, 2.75) is 64.0 Å². The largest absolute Gasteiger partial charge is 0.459 e. The summed E-state index contributed by atoms with van der Waals surface area (Å²) in [7, 11) is 0. The molecule has 1 aromatic carbocycles. The third-order valence-corrected chi connectivity index (χ3v) is 7.50. The molecule has 4 nitrogen and oxygen atoms in total. The van der Waals surface area contributed by atoms with Crippen LogP contribution in [0.15, 0.2) is 30.3 Å². The first-order valence-electron chi connectivity index (χ1n) is 10.6. The number of amides is 1. The molecule has 4 aliphatic carbocycles. The van der Waals surface area contributed by atoms with Gasteiger partial charge in [0, 0.05) is 6.54 Å². The van der Waals surface area contributed by atoms with Crippen molar-refractivity contribution in [1.29, 1.82) is 0 Å². The third kappa shape index (κ3) is 3.07. The van der Waals surface area contributed by atoms with E-state index >= 15 is 0 Å². The molecule has 0 spiro atoms. The van der Waals surface area contributed by atoms with E-state index in [0.717, 1.165) is 55.4 Å². The number of esters is 1. The van der Waals surface area contributed by atoms with Gasteiger partial charge in [0.1, 0.15) is 12.6 Å². The lowest BCUT2D eigenvalue weighted by atomic mass is 9.49. The number of carbonyl (C=O) groups is 2. The van der Waals surface area contributed by atoms with Crippen LogP contribution in [-0.4, -0.2) is 29.4 Å². The molecule has 0 unspecified atom stereocenters. The van der Waals surface area contributed by atoms with Crippen molar-refractivity contribution in [3.63, 3.8) is 0 Å². The van der Waals surface area contributed by atoms with Gasteiger partial charge < -0.3 is 9.64 Å². The first kappa shape index (κ1) is 17.3. The fourth-order valence-corrected chi connectivity index (χ4v) is 6.76. The van der Waals surface area contributed by atoms with Crippen LogP contribution in [0.4, 0.5) is 0 Å². The van der Waals surface area contributed by atoms with Crippen LogP contribution >= 0.6 is 0 Å². The van der Waals surface area contributed by atoms with E-state index in [0.29, 0.717) is 6.54 Å². The molecule has 0 aromatic heterocycles. The van der Waals surface area contributed by atoms with E-state index in [2.05, 4.69) is 0 Å². The molecule has 0 radical (unpaired) electrons. The second kappa shape index (κ2) is 6.65. The monoisotopic (exact) mass is 367 g/mol. The molecule has 4 heteroatoms. The lowest BCUT2D eigenvalue weighted by Crippen LogP contribution is -2.56. The summed E-state index contributed by atoms with van der Waals surface area (Å²) in [5.41, 5.74) is 0.819. The first-order chi connectivity index (χ1) is 13.1. The molecular weight excluding hydrogens is 338 g/mol. The average molecular weight is 367 g/mol. The van der Waals surface area contributed by atoms with E-state index in [1.807, 2.05) is 35.2 Å². The third-order valence-electron chi connectivity index (χ3n) is 7.50. The van der Waals surface area contributed by atoms with Crippen molar-refractivity contribution in [3.05, 3.63) is 35.9 Å². The summed E-state index contributed by atoms with van der Waals surface area (Å²) in [4.78, 5) is 28.2. The Labute approximate surface area is 161 Å². The van der Waals surface area contributed by atoms with E-state index < -0.39 is 0 Å². The lowest BCUT2D eigenvalue weighted by molar-refractivity contribution is -0.166. The van der Waals surface area contributed by atoms with Crippen LogP contribution < -0.4 is 0 Å². The molecule has 1 amide bonds. The fourth-order valence-electron chi connectivity index (χ4n) is 6.76. The van der Waals surface area contributed by atoms with Gasteiger partial charge in [0.2, 0.25) is 5.91 Å². The Kier molecular flexibility index (Phi) is 4.25. The Bertz CT molecular complexity index is 693. The Morgan fingerprint density at radius 3 is 2.26 bits per heavy atom. The predicted molar refractivity (Wildman–Crippen MR) is 102 cm³/mol. The second-order valence-corrected chi connectivity index (χ2v) is 9.45. The van der Waals surface area contributed by atoms with Gasteiger partial charge in [-0.2, -0.15) is 0 Å². The number of rotatable bonds is 4. The van der Waals surface area contributed by atoms with Gasteiger partial charge in [-0.25, -0.2) is 4.79 Å². The molecule has 1 aromatic rings. The summed E-state index contributed by atoms with van der Waals surface area (Å²) in [6.07, 6.45) is 8.80. The van der Waals surface area contributed by atoms with E-state index in [4.69, 9.17) is 4.74 Å². The van der Waals surface area contributed by atoms with Gasteiger partial charge in [0.25, 0.3) is 0 Å². The van der Waals surface area contributed by atoms with Crippen LogP contribution in [0.3, 0.4) is 0 Å². The van der Waals surface area contributed by atoms with Crippen LogP contribution in [0.1, 0.15) is 56.9 Å². The molecule has 1 aliphatic heterocycles. The average Bonchev–Trinajstić information content (AvgIpc) is 3.15. The molecule has 144 valence electrons. The predicted octanol–water partition coefficient (Wildman–Crippen LogP) is 3.94. The summed E-state index contributed by atoms with van der Waals surface area (Å²) in [5, 5.41) is 0. The molecule has 5 aliphatic rings. The maximum absolute atomic E-state index is 13.6. The van der Waals surface area contributed by atoms with Crippen molar-refractivity contribution < 1.29 is 14.3 Å². The normalized spacial score (nSPS) is 36.8. The SMILES string of the molecule is O=C(OCc1ccccc1)[C@H]1CCCN1C(=O)C12CC3CC(CC(C3)C1)C2. The number of hydrogen-bond acceptors (Lipinski definition) is 3. The van der Waals surface area contributed by atoms with Gasteiger partial charge in [0.15, 0.2) is 0 Å². The van der Waals surface area contributed by atoms with Crippen LogP contribution in [0, 0.1) is 23.2 Å². The van der Waals surface area contributed by atoms with E-state index in [1.165, 1.54) is 19.3 Å². The van der Waals surface area contributed by atoms with Gasteiger partial charge in [-0.1, -0.05) is 30.3 Å². The number of likely N-dealkylation sites (tertiary alicyclic amines) is 1. The van der Waals surface area contributed by atoms with Gasteiger partial charge in [-0.3, -0.25) is 4.79 Å². The molecule has 6 rings (SSSR count). The topological polar surface area (TPSA) is 46.6 Å². The van der Waals surface area contributed by atoms with Gasteiger partial charge in [0.05, 0.1) is 5.41 Å². The Morgan fingerprint density at radius 1 is 1.00 bits per heavy atom. The number of hydrogen-bond donors (Lipinski definition) is 0. The number of carbonyl (C=O) groups excluding carboxylic acids is 2. The maximum atomic E-state index is 13.6. The highest BCUT2D eigenvalue weighted by atomic mass is 16.5. The minimum atomic E-state index is -0.380. The Morgan fingerprint density at radius 2 is 1.63 bits per heavy atom. The van der Waals surface area contributed by atoms with Crippen molar-refractivity contribution in [1.82, 2.24) is 4.90 Å². The molecule has 0 N–H and O–H groups in total. The molecule has 1 atom stereocenters. The number of benzene rings is 1.